The molecule has 3 aromatic rings. The molecule has 9 heteroatoms. The lowest BCUT2D eigenvalue weighted by Gasteiger charge is -2.34. The van der Waals surface area contributed by atoms with Crippen LogP contribution in [0.1, 0.15) is 49.1 Å². The predicted molar refractivity (Wildman–Crippen MR) is 113 cm³/mol. The molecule has 0 unspecified atom stereocenters. The van der Waals surface area contributed by atoms with E-state index in [1.807, 2.05) is 13.8 Å². The summed E-state index contributed by atoms with van der Waals surface area (Å²) in [6, 6.07) is 8.47. The molecule has 0 saturated carbocycles. The van der Waals surface area contributed by atoms with Crippen LogP contribution in [0.15, 0.2) is 51.6 Å². The van der Waals surface area contributed by atoms with Crippen LogP contribution in [-0.2, 0) is 4.79 Å². The lowest BCUT2D eigenvalue weighted by molar-refractivity contribution is -0.135. The summed E-state index contributed by atoms with van der Waals surface area (Å²) in [5, 5.41) is 6.80. The second-order valence-corrected chi connectivity index (χ2v) is 8.24. The Hall–Kier alpha value is -3.49. The minimum absolute atomic E-state index is 0.0379. The van der Waals surface area contributed by atoms with Gasteiger partial charge in [-0.3, -0.25) is 9.59 Å². The molecule has 0 spiro atoms. The Bertz CT molecular complexity index is 1050. The van der Waals surface area contributed by atoms with Crippen molar-refractivity contribution in [1.29, 1.82) is 0 Å². The van der Waals surface area contributed by atoms with Gasteiger partial charge >= 0.3 is 0 Å². The summed E-state index contributed by atoms with van der Waals surface area (Å²) in [6.07, 6.45) is 2.77. The van der Waals surface area contributed by atoms with E-state index in [0.717, 1.165) is 0 Å². The first-order valence-electron chi connectivity index (χ1n) is 10.6. The van der Waals surface area contributed by atoms with Gasteiger partial charge in [-0.25, -0.2) is 4.39 Å². The highest BCUT2D eigenvalue weighted by Crippen LogP contribution is 2.29. The molecule has 0 bridgehead atoms. The first-order chi connectivity index (χ1) is 15.4. The monoisotopic (exact) mass is 440 g/mol. The van der Waals surface area contributed by atoms with E-state index in [-0.39, 0.29) is 29.3 Å². The van der Waals surface area contributed by atoms with Crippen molar-refractivity contribution in [2.24, 2.45) is 5.92 Å². The minimum Gasteiger partial charge on any atom is -0.459 e. The molecule has 0 aliphatic carbocycles. The van der Waals surface area contributed by atoms with Gasteiger partial charge in [0.1, 0.15) is 11.9 Å². The zero-order valence-electron chi connectivity index (χ0n) is 18.0. The number of benzene rings is 1. The largest absolute Gasteiger partial charge is 0.459 e. The summed E-state index contributed by atoms with van der Waals surface area (Å²) >= 11 is 0. The molecule has 1 N–H and O–H groups in total. The number of halogens is 1. The number of nitrogens with one attached hydrogen (secondary N) is 1. The van der Waals surface area contributed by atoms with Crippen LogP contribution < -0.4 is 5.32 Å². The first kappa shape index (κ1) is 21.7. The molecule has 4 rings (SSSR count). The maximum absolute atomic E-state index is 13.1. The number of likely N-dealkylation sites (tertiary alicyclic amines) is 1. The van der Waals surface area contributed by atoms with Crippen LogP contribution in [0.25, 0.3) is 11.4 Å². The summed E-state index contributed by atoms with van der Waals surface area (Å²) in [5.74, 6) is 0.225. The molecule has 1 atom stereocenters. The van der Waals surface area contributed by atoms with Crippen molar-refractivity contribution < 1.29 is 22.9 Å². The number of hydrogen-bond donors (Lipinski definition) is 1. The Morgan fingerprint density at radius 3 is 2.50 bits per heavy atom. The fourth-order valence-electron chi connectivity index (χ4n) is 3.79. The number of carbonyl (C=O) groups excluding carboxylic acids is 2. The number of furan rings is 1. The number of carbonyl (C=O) groups is 2. The van der Waals surface area contributed by atoms with Crippen molar-refractivity contribution in [3.63, 3.8) is 0 Å². The topological polar surface area (TPSA) is 101 Å². The van der Waals surface area contributed by atoms with Gasteiger partial charge in [-0.15, -0.1) is 0 Å². The van der Waals surface area contributed by atoms with Gasteiger partial charge in [-0.05, 0) is 55.2 Å². The van der Waals surface area contributed by atoms with Crippen molar-refractivity contribution in [1.82, 2.24) is 20.4 Å². The number of hydrogen-bond acceptors (Lipinski definition) is 6. The van der Waals surface area contributed by atoms with Crippen LogP contribution in [0.4, 0.5) is 4.39 Å². The van der Waals surface area contributed by atoms with E-state index in [1.165, 1.54) is 18.4 Å². The third-order valence-corrected chi connectivity index (χ3v) is 5.66. The predicted octanol–water partition coefficient (Wildman–Crippen LogP) is 3.63. The van der Waals surface area contributed by atoms with Crippen molar-refractivity contribution in [3.05, 3.63) is 60.1 Å². The van der Waals surface area contributed by atoms with E-state index in [2.05, 4.69) is 15.5 Å². The van der Waals surface area contributed by atoms with Crippen LogP contribution >= 0.6 is 0 Å². The number of aromatic nitrogens is 2. The molecule has 1 aromatic carbocycles. The van der Waals surface area contributed by atoms with Gasteiger partial charge in [-0.1, -0.05) is 19.0 Å². The van der Waals surface area contributed by atoms with Gasteiger partial charge in [0.05, 0.1) is 6.26 Å². The molecule has 1 fully saturated rings. The zero-order valence-corrected chi connectivity index (χ0v) is 18.0. The number of amides is 2. The zero-order chi connectivity index (χ0) is 22.7. The Labute approximate surface area is 184 Å². The fraction of sp³-hybridized carbons (Fsp3) is 0.391. The highest BCUT2D eigenvalue weighted by Gasteiger charge is 2.33. The average molecular weight is 440 g/mol. The molecule has 1 aliphatic heterocycles. The molecule has 32 heavy (non-hydrogen) atoms. The Kier molecular flexibility index (Phi) is 6.34. The minimum atomic E-state index is -0.641. The lowest BCUT2D eigenvalue weighted by atomic mass is 9.95. The Morgan fingerprint density at radius 2 is 1.88 bits per heavy atom. The molecule has 8 nitrogen and oxygen atoms in total. The third kappa shape index (κ3) is 4.71. The van der Waals surface area contributed by atoms with Gasteiger partial charge in [0.2, 0.25) is 17.6 Å². The molecule has 0 radical (unpaired) electrons. The Balaban J connectivity index is 1.36. The summed E-state index contributed by atoms with van der Waals surface area (Å²) in [7, 11) is 0. The molecular weight excluding hydrogens is 415 g/mol. The van der Waals surface area contributed by atoms with Gasteiger partial charge in [0.25, 0.3) is 5.91 Å². The summed E-state index contributed by atoms with van der Waals surface area (Å²) in [4.78, 5) is 31.7. The maximum Gasteiger partial charge on any atom is 0.287 e. The SMILES string of the molecule is CC(C)[C@H](NC(=O)c1ccco1)C(=O)N1CCC(c2nc(-c3ccc(F)cc3)no2)CC1. The first-order valence-corrected chi connectivity index (χ1v) is 10.6. The fourth-order valence-corrected chi connectivity index (χ4v) is 3.79. The lowest BCUT2D eigenvalue weighted by Crippen LogP contribution is -2.52. The number of nitrogens with zero attached hydrogens (tertiary/aromatic N) is 3. The molecule has 168 valence electrons. The smallest absolute Gasteiger partial charge is 0.287 e. The van der Waals surface area contributed by atoms with Crippen LogP contribution in [0.2, 0.25) is 0 Å². The molecule has 1 aliphatic rings. The van der Waals surface area contributed by atoms with Gasteiger partial charge in [-0.2, -0.15) is 4.98 Å². The van der Waals surface area contributed by atoms with E-state index in [0.29, 0.717) is 43.2 Å². The van der Waals surface area contributed by atoms with Crippen LogP contribution in [0.3, 0.4) is 0 Å². The van der Waals surface area contributed by atoms with Gasteiger partial charge in [0.15, 0.2) is 5.76 Å². The summed E-state index contributed by atoms with van der Waals surface area (Å²) in [6.45, 7) is 4.84. The molecule has 3 heterocycles. The van der Waals surface area contributed by atoms with Crippen LogP contribution in [-0.4, -0.2) is 46.0 Å². The summed E-state index contributed by atoms with van der Waals surface area (Å²) < 4.78 is 23.7. The van der Waals surface area contributed by atoms with Gasteiger partial charge < -0.3 is 19.2 Å². The van der Waals surface area contributed by atoms with Crippen LogP contribution in [0.5, 0.6) is 0 Å². The van der Waals surface area contributed by atoms with Crippen LogP contribution in [0, 0.1) is 11.7 Å². The standard InChI is InChI=1S/C23H25FN4O4/c1-14(2)19(25-21(29)18-4-3-13-31-18)23(30)28-11-9-16(10-12-28)22-26-20(27-32-22)15-5-7-17(24)8-6-15/h3-8,13-14,16,19H,9-12H2,1-2H3,(H,25,29)/t19-/m0/s1. The normalized spacial score (nSPS) is 15.7. The third-order valence-electron chi connectivity index (χ3n) is 5.66. The average Bonchev–Trinajstić information content (AvgIpc) is 3.50. The van der Waals surface area contributed by atoms with Crippen molar-refractivity contribution in [2.75, 3.05) is 13.1 Å². The van der Waals surface area contributed by atoms with Gasteiger partial charge in [0, 0.05) is 24.6 Å². The molecule has 2 aromatic heterocycles. The van der Waals surface area contributed by atoms with Crippen molar-refractivity contribution in [3.8, 4) is 11.4 Å². The van der Waals surface area contributed by atoms with E-state index < -0.39 is 11.9 Å². The van der Waals surface area contributed by atoms with Crippen molar-refractivity contribution in [2.45, 2.75) is 38.6 Å². The second kappa shape index (κ2) is 9.33. The van der Waals surface area contributed by atoms with E-state index in [1.54, 1.807) is 29.2 Å². The maximum atomic E-state index is 13.1. The molecule has 2 amide bonds. The van der Waals surface area contributed by atoms with E-state index in [4.69, 9.17) is 8.94 Å². The Morgan fingerprint density at radius 1 is 1.16 bits per heavy atom. The summed E-state index contributed by atoms with van der Waals surface area (Å²) in [5.41, 5.74) is 0.682. The second-order valence-electron chi connectivity index (χ2n) is 8.24. The molecule has 1 saturated heterocycles. The van der Waals surface area contributed by atoms with E-state index >= 15 is 0 Å². The number of piperidine rings is 1. The number of rotatable bonds is 6. The highest BCUT2D eigenvalue weighted by atomic mass is 19.1. The molecular formula is C23H25FN4O4. The highest BCUT2D eigenvalue weighted by molar-refractivity contribution is 5.95. The quantitative estimate of drug-likeness (QED) is 0.628. The van der Waals surface area contributed by atoms with E-state index in [9.17, 15) is 14.0 Å². The van der Waals surface area contributed by atoms with Crippen molar-refractivity contribution >= 4 is 11.8 Å².